The Morgan fingerprint density at radius 3 is 1.26 bits per heavy atom. The van der Waals surface area contributed by atoms with Crippen molar-refractivity contribution in [1.82, 2.24) is 0 Å². The highest BCUT2D eigenvalue weighted by molar-refractivity contribution is 5.69. The molecule has 4 nitrogen and oxygen atoms in total. The fourth-order valence-electron chi connectivity index (χ4n) is 7.17. The maximum absolute atomic E-state index is 12.2. The molecule has 0 fully saturated rings. The normalized spacial score (nSPS) is 12.6. The minimum absolute atomic E-state index is 0.172. The van der Waals surface area contributed by atoms with Gasteiger partial charge in [0.1, 0.15) is 6.10 Å². The third-order valence-electron chi connectivity index (χ3n) is 10.7. The lowest BCUT2D eigenvalue weighted by molar-refractivity contribution is -0.154. The molecule has 1 unspecified atom stereocenters. The van der Waals surface area contributed by atoms with E-state index in [-0.39, 0.29) is 12.6 Å². The predicted molar refractivity (Wildman–Crippen MR) is 237 cm³/mol. The Bertz CT molecular complexity index is 802. The van der Waals surface area contributed by atoms with E-state index in [0.29, 0.717) is 19.6 Å². The van der Waals surface area contributed by atoms with Crippen LogP contribution in [-0.2, 0) is 14.3 Å². The first-order valence-electron chi connectivity index (χ1n) is 24.1. The van der Waals surface area contributed by atoms with Gasteiger partial charge in [-0.15, -0.1) is 0 Å². The fraction of sp³-hybridized carbons (Fsp3) is 0.860. The smallest absolute Gasteiger partial charge is 0.306 e. The van der Waals surface area contributed by atoms with Crippen molar-refractivity contribution in [3.63, 3.8) is 0 Å². The molecular formula is C50H94O4. The highest BCUT2D eigenvalue weighted by Gasteiger charge is 2.13. The lowest BCUT2D eigenvalue weighted by Crippen LogP contribution is -2.27. The Hall–Kier alpha value is -1.39. The minimum atomic E-state index is -0.536. The van der Waals surface area contributed by atoms with Crippen molar-refractivity contribution >= 4 is 5.97 Å². The van der Waals surface area contributed by atoms with Crippen LogP contribution < -0.4 is 0 Å². The molecule has 0 aliphatic rings. The van der Waals surface area contributed by atoms with Gasteiger partial charge in [0, 0.05) is 13.0 Å². The van der Waals surface area contributed by atoms with Crippen LogP contribution in [0.15, 0.2) is 36.5 Å². The molecule has 0 aromatic rings. The molecule has 0 radical (unpaired) electrons. The van der Waals surface area contributed by atoms with Crippen molar-refractivity contribution in [3.05, 3.63) is 36.5 Å². The van der Waals surface area contributed by atoms with Gasteiger partial charge >= 0.3 is 5.97 Å². The lowest BCUT2D eigenvalue weighted by Gasteiger charge is -2.16. The molecule has 0 amide bonds. The first-order chi connectivity index (χ1) is 26.7. The first kappa shape index (κ1) is 52.6. The van der Waals surface area contributed by atoms with Crippen LogP contribution in [0.1, 0.15) is 251 Å². The van der Waals surface area contributed by atoms with E-state index in [1.165, 1.54) is 193 Å². The Labute approximate surface area is 338 Å². The molecule has 0 bridgehead atoms. The second-order valence-corrected chi connectivity index (χ2v) is 16.2. The van der Waals surface area contributed by atoms with Crippen LogP contribution in [-0.4, -0.2) is 37.0 Å². The van der Waals surface area contributed by atoms with E-state index in [1.54, 1.807) is 0 Å². The van der Waals surface area contributed by atoms with Crippen molar-refractivity contribution in [1.29, 1.82) is 0 Å². The van der Waals surface area contributed by atoms with Crippen LogP contribution >= 0.6 is 0 Å². The molecule has 0 aliphatic heterocycles. The molecule has 0 rings (SSSR count). The molecule has 0 spiro atoms. The molecule has 1 atom stereocenters. The van der Waals surface area contributed by atoms with Crippen molar-refractivity contribution in [3.8, 4) is 0 Å². The number of hydrogen-bond acceptors (Lipinski definition) is 4. The maximum Gasteiger partial charge on any atom is 0.306 e. The largest absolute Gasteiger partial charge is 0.457 e. The standard InChI is InChI=1S/C50H94O4/c1-3-5-7-9-11-13-15-17-19-21-23-24-25-26-27-28-29-31-33-35-37-39-41-43-45-50(52)54-49(47-51)48-53-46-44-42-40-38-36-34-32-30-22-20-18-16-14-12-10-8-6-4-2/h6,8,12,14,18,20,49,51H,3-5,7,9-11,13,15-17,19,21-48H2,1-2H3/b8-6-,14-12-,20-18-. The highest BCUT2D eigenvalue weighted by atomic mass is 16.6. The number of unbranched alkanes of at least 4 members (excludes halogenated alkanes) is 31. The number of esters is 1. The summed E-state index contributed by atoms with van der Waals surface area (Å²) in [5, 5.41) is 9.63. The molecular weight excluding hydrogens is 665 g/mol. The van der Waals surface area contributed by atoms with E-state index < -0.39 is 6.10 Å². The van der Waals surface area contributed by atoms with Gasteiger partial charge < -0.3 is 14.6 Å². The van der Waals surface area contributed by atoms with Gasteiger partial charge in [-0.1, -0.05) is 237 Å². The summed E-state index contributed by atoms with van der Waals surface area (Å²) < 4.78 is 11.2. The average molecular weight is 759 g/mol. The summed E-state index contributed by atoms with van der Waals surface area (Å²) in [6.07, 6.45) is 60.9. The zero-order chi connectivity index (χ0) is 39.1. The highest BCUT2D eigenvalue weighted by Crippen LogP contribution is 2.16. The molecule has 0 saturated heterocycles. The molecule has 1 N–H and O–H groups in total. The Balaban J connectivity index is 3.37. The number of aliphatic hydroxyl groups excluding tert-OH is 1. The summed E-state index contributed by atoms with van der Waals surface area (Å²) in [5.74, 6) is -0.198. The first-order valence-corrected chi connectivity index (χ1v) is 24.1. The van der Waals surface area contributed by atoms with Crippen molar-refractivity contribution in [2.45, 2.75) is 258 Å². The molecule has 0 heterocycles. The quantitative estimate of drug-likeness (QED) is 0.0382. The summed E-state index contributed by atoms with van der Waals surface area (Å²) in [5.41, 5.74) is 0. The van der Waals surface area contributed by atoms with Gasteiger partial charge in [-0.2, -0.15) is 0 Å². The van der Waals surface area contributed by atoms with Gasteiger partial charge in [-0.25, -0.2) is 0 Å². The molecule has 0 aliphatic carbocycles. The fourth-order valence-corrected chi connectivity index (χ4v) is 7.17. The second-order valence-electron chi connectivity index (χ2n) is 16.2. The van der Waals surface area contributed by atoms with Crippen LogP contribution in [0.25, 0.3) is 0 Å². The number of aliphatic hydroxyl groups is 1. The van der Waals surface area contributed by atoms with Gasteiger partial charge in [0.05, 0.1) is 13.2 Å². The number of ether oxygens (including phenoxy) is 2. The summed E-state index contributed by atoms with van der Waals surface area (Å²) in [6.45, 7) is 5.26. The van der Waals surface area contributed by atoms with Crippen LogP contribution in [0.4, 0.5) is 0 Å². The second kappa shape index (κ2) is 47.8. The zero-order valence-electron chi connectivity index (χ0n) is 36.5. The summed E-state index contributed by atoms with van der Waals surface area (Å²) in [4.78, 5) is 12.2. The number of carbonyl (C=O) groups excluding carboxylic acids is 1. The van der Waals surface area contributed by atoms with Crippen LogP contribution in [0.5, 0.6) is 0 Å². The van der Waals surface area contributed by atoms with Crippen molar-refractivity contribution < 1.29 is 19.4 Å². The van der Waals surface area contributed by atoms with Crippen LogP contribution in [0, 0.1) is 0 Å². The topological polar surface area (TPSA) is 55.8 Å². The molecule has 4 heteroatoms. The summed E-state index contributed by atoms with van der Waals surface area (Å²) in [6, 6.07) is 0. The molecule has 0 aromatic heterocycles. The summed E-state index contributed by atoms with van der Waals surface area (Å²) >= 11 is 0. The molecule has 0 aromatic carbocycles. The summed E-state index contributed by atoms with van der Waals surface area (Å²) in [7, 11) is 0. The Kier molecular flexibility index (Phi) is 46.5. The molecule has 0 saturated carbocycles. The van der Waals surface area contributed by atoms with Crippen LogP contribution in [0.2, 0.25) is 0 Å². The van der Waals surface area contributed by atoms with E-state index in [4.69, 9.17) is 9.47 Å². The Morgan fingerprint density at radius 2 is 0.833 bits per heavy atom. The number of hydrogen-bond donors (Lipinski definition) is 1. The average Bonchev–Trinajstić information content (AvgIpc) is 3.18. The zero-order valence-corrected chi connectivity index (χ0v) is 36.5. The third kappa shape index (κ3) is 45.0. The maximum atomic E-state index is 12.2. The van der Waals surface area contributed by atoms with Gasteiger partial charge in [-0.3, -0.25) is 4.79 Å². The Morgan fingerprint density at radius 1 is 0.463 bits per heavy atom. The van der Waals surface area contributed by atoms with Gasteiger partial charge in [-0.05, 0) is 44.9 Å². The van der Waals surface area contributed by atoms with Gasteiger partial charge in [0.25, 0.3) is 0 Å². The number of rotatable bonds is 45. The number of carbonyl (C=O) groups is 1. The molecule has 54 heavy (non-hydrogen) atoms. The van der Waals surface area contributed by atoms with Crippen molar-refractivity contribution in [2.75, 3.05) is 19.8 Å². The SMILES string of the molecule is CC/C=C\C/C=C\C/C=C\CCCCCCCCCCOCC(CO)OC(=O)CCCCCCCCCCCCCCCCCCCCCCCCCC. The molecule has 318 valence electrons. The van der Waals surface area contributed by atoms with Crippen LogP contribution in [0.3, 0.4) is 0 Å². The van der Waals surface area contributed by atoms with E-state index in [0.717, 1.165) is 38.5 Å². The number of allylic oxidation sites excluding steroid dienone is 6. The minimum Gasteiger partial charge on any atom is -0.457 e. The lowest BCUT2D eigenvalue weighted by atomic mass is 10.0. The monoisotopic (exact) mass is 759 g/mol. The third-order valence-corrected chi connectivity index (χ3v) is 10.7. The predicted octanol–water partition coefficient (Wildman–Crippen LogP) is 16.0. The van der Waals surface area contributed by atoms with E-state index in [2.05, 4.69) is 50.3 Å². The van der Waals surface area contributed by atoms with Gasteiger partial charge in [0.15, 0.2) is 0 Å². The van der Waals surface area contributed by atoms with E-state index >= 15 is 0 Å². The van der Waals surface area contributed by atoms with Crippen molar-refractivity contribution in [2.24, 2.45) is 0 Å². The van der Waals surface area contributed by atoms with E-state index in [1.807, 2.05) is 0 Å². The van der Waals surface area contributed by atoms with Gasteiger partial charge in [0.2, 0.25) is 0 Å². The van der Waals surface area contributed by atoms with E-state index in [9.17, 15) is 9.90 Å².